The maximum absolute atomic E-state index is 12.2. The first-order valence-corrected chi connectivity index (χ1v) is 9.12. The number of rotatable bonds is 6. The Hall–Kier alpha value is -1.96. The van der Waals surface area contributed by atoms with E-state index < -0.39 is 66.8 Å². The number of aromatic nitrogens is 1. The van der Waals surface area contributed by atoms with Gasteiger partial charge in [-0.1, -0.05) is 0 Å². The van der Waals surface area contributed by atoms with Crippen molar-refractivity contribution in [2.75, 3.05) is 5.75 Å². The Bertz CT molecular complexity index is 913. The third-order valence-electron chi connectivity index (χ3n) is 2.96. The van der Waals surface area contributed by atoms with E-state index in [1.54, 1.807) is 0 Å². The van der Waals surface area contributed by atoms with Crippen molar-refractivity contribution < 1.29 is 35.8 Å². The molecular weight excluding hydrogens is 356 g/mol. The number of carbonyl (C=O) groups is 1. The fourth-order valence-corrected chi connectivity index (χ4v) is 3.05. The molecule has 0 fully saturated rings. The van der Waals surface area contributed by atoms with Crippen molar-refractivity contribution in [3.63, 3.8) is 0 Å². The molecule has 1 aromatic rings. The monoisotopic (exact) mass is 370 g/mol. The second kappa shape index (κ2) is 6.27. The van der Waals surface area contributed by atoms with Gasteiger partial charge in [-0.2, -0.15) is 16.8 Å². The van der Waals surface area contributed by atoms with Crippen LogP contribution in [0, 0.1) is 6.92 Å². The van der Waals surface area contributed by atoms with Crippen LogP contribution in [-0.2, 0) is 32.5 Å². The van der Waals surface area contributed by atoms with Gasteiger partial charge < -0.3 is 10.8 Å². The largest absolute Gasteiger partial charge is 0.494 e. The maximum atomic E-state index is 12.2. The molecule has 13 heteroatoms. The topological polar surface area (TPSA) is 194 Å². The lowest BCUT2D eigenvalue weighted by atomic mass is 10.1. The second-order valence-corrected chi connectivity index (χ2v) is 7.66. The average Bonchev–Trinajstić information content (AvgIpc) is 2.31. The van der Waals surface area contributed by atoms with E-state index >= 15 is 0 Å². The standard InChI is InChI=1S/C10H14N2O9S2/c1-5-6(4-23(19,20)21)9(14)12(2-3-22(16,17)18)10(15)7(5)8(11)13/h15H,2-4H2,1H3,(H2,11,13)(H,16,17,18)(H,19,20,21). The minimum absolute atomic E-state index is 0.263. The summed E-state index contributed by atoms with van der Waals surface area (Å²) in [6.45, 7) is 0.372. The van der Waals surface area contributed by atoms with Crippen LogP contribution in [0.1, 0.15) is 21.5 Å². The number of aromatic hydroxyl groups is 1. The Morgan fingerprint density at radius 1 is 1.17 bits per heavy atom. The van der Waals surface area contributed by atoms with Crippen molar-refractivity contribution in [2.45, 2.75) is 19.2 Å². The van der Waals surface area contributed by atoms with Crippen LogP contribution in [-0.4, -0.2) is 47.3 Å². The van der Waals surface area contributed by atoms with Crippen LogP contribution < -0.4 is 11.3 Å². The lowest BCUT2D eigenvalue weighted by Crippen LogP contribution is -2.32. The number of hydrogen-bond acceptors (Lipinski definition) is 7. The lowest BCUT2D eigenvalue weighted by Gasteiger charge is -2.15. The van der Waals surface area contributed by atoms with Crippen LogP contribution in [0.4, 0.5) is 0 Å². The highest BCUT2D eigenvalue weighted by Gasteiger charge is 2.25. The summed E-state index contributed by atoms with van der Waals surface area (Å²) in [6, 6.07) is 0. The fourth-order valence-electron chi connectivity index (χ4n) is 1.93. The average molecular weight is 370 g/mol. The summed E-state index contributed by atoms with van der Waals surface area (Å²) < 4.78 is 61.5. The summed E-state index contributed by atoms with van der Waals surface area (Å²) in [5, 5.41) is 9.91. The minimum atomic E-state index is -4.65. The van der Waals surface area contributed by atoms with Gasteiger partial charge in [0.05, 0.1) is 5.75 Å². The molecule has 1 heterocycles. The molecule has 0 saturated carbocycles. The zero-order valence-corrected chi connectivity index (χ0v) is 13.4. The van der Waals surface area contributed by atoms with Gasteiger partial charge in [-0.3, -0.25) is 23.3 Å². The third kappa shape index (κ3) is 4.75. The van der Waals surface area contributed by atoms with Gasteiger partial charge in [0.2, 0.25) is 5.88 Å². The van der Waals surface area contributed by atoms with Crippen molar-refractivity contribution in [2.24, 2.45) is 5.73 Å². The number of primary amides is 1. The summed E-state index contributed by atoms with van der Waals surface area (Å²) in [4.78, 5) is 23.6. The quantitative estimate of drug-likeness (QED) is 0.419. The molecule has 0 aliphatic carbocycles. The highest BCUT2D eigenvalue weighted by Crippen LogP contribution is 2.22. The minimum Gasteiger partial charge on any atom is -0.494 e. The highest BCUT2D eigenvalue weighted by molar-refractivity contribution is 7.85. The fraction of sp³-hybridized carbons (Fsp3) is 0.400. The smallest absolute Gasteiger partial charge is 0.269 e. The Morgan fingerprint density at radius 2 is 1.70 bits per heavy atom. The number of hydrogen-bond donors (Lipinski definition) is 4. The van der Waals surface area contributed by atoms with Crippen molar-refractivity contribution in [3.05, 3.63) is 27.0 Å². The normalized spacial score (nSPS) is 12.3. The van der Waals surface area contributed by atoms with E-state index in [0.717, 1.165) is 6.92 Å². The van der Waals surface area contributed by atoms with Crippen LogP contribution in [0.2, 0.25) is 0 Å². The van der Waals surface area contributed by atoms with E-state index in [9.17, 15) is 31.5 Å². The van der Waals surface area contributed by atoms with Gasteiger partial charge in [-0.25, -0.2) is 0 Å². The molecule has 1 amide bonds. The van der Waals surface area contributed by atoms with Gasteiger partial charge in [0.1, 0.15) is 11.3 Å². The highest BCUT2D eigenvalue weighted by atomic mass is 32.2. The zero-order valence-electron chi connectivity index (χ0n) is 11.8. The molecule has 1 rings (SSSR count). The lowest BCUT2D eigenvalue weighted by molar-refractivity contribution is 0.0995. The zero-order chi connectivity index (χ0) is 18.2. The summed E-state index contributed by atoms with van der Waals surface area (Å²) in [7, 11) is -9.15. The first kappa shape index (κ1) is 19.1. The van der Waals surface area contributed by atoms with Crippen molar-refractivity contribution >= 4 is 26.1 Å². The number of nitrogens with zero attached hydrogens (tertiary/aromatic N) is 1. The Balaban J connectivity index is 3.69. The van der Waals surface area contributed by atoms with Gasteiger partial charge in [0.25, 0.3) is 31.7 Å². The van der Waals surface area contributed by atoms with E-state index in [1.807, 2.05) is 0 Å². The molecule has 0 radical (unpaired) electrons. The van der Waals surface area contributed by atoms with Crippen LogP contribution in [0.3, 0.4) is 0 Å². The van der Waals surface area contributed by atoms with E-state index in [-0.39, 0.29) is 5.56 Å². The predicted octanol–water partition coefficient (Wildman–Crippen LogP) is -1.76. The molecule has 0 atom stereocenters. The van der Waals surface area contributed by atoms with Gasteiger partial charge in [0.15, 0.2) is 0 Å². The first-order chi connectivity index (χ1) is 10.2. The first-order valence-electron chi connectivity index (χ1n) is 5.90. The molecule has 0 unspecified atom stereocenters. The molecule has 130 valence electrons. The van der Waals surface area contributed by atoms with Crippen LogP contribution in [0.25, 0.3) is 0 Å². The molecule has 0 aliphatic heterocycles. The maximum Gasteiger partial charge on any atom is 0.269 e. The molecule has 5 N–H and O–H groups in total. The molecule has 0 aliphatic rings. The van der Waals surface area contributed by atoms with Gasteiger partial charge in [-0.15, -0.1) is 0 Å². The van der Waals surface area contributed by atoms with Crippen LogP contribution in [0.15, 0.2) is 4.79 Å². The molecule has 23 heavy (non-hydrogen) atoms. The van der Waals surface area contributed by atoms with E-state index in [1.165, 1.54) is 0 Å². The number of amides is 1. The third-order valence-corrected chi connectivity index (χ3v) is 4.31. The van der Waals surface area contributed by atoms with Gasteiger partial charge in [0, 0.05) is 12.1 Å². The van der Waals surface area contributed by atoms with Gasteiger partial charge >= 0.3 is 0 Å². The molecule has 0 bridgehead atoms. The molecule has 11 nitrogen and oxygen atoms in total. The summed E-state index contributed by atoms with van der Waals surface area (Å²) in [6.07, 6.45) is 0. The van der Waals surface area contributed by atoms with E-state index in [0.29, 0.717) is 4.57 Å². The number of pyridine rings is 1. The number of nitrogens with two attached hydrogens (primary N) is 1. The van der Waals surface area contributed by atoms with Gasteiger partial charge in [-0.05, 0) is 12.5 Å². The van der Waals surface area contributed by atoms with Crippen molar-refractivity contribution in [3.8, 4) is 5.88 Å². The van der Waals surface area contributed by atoms with Crippen LogP contribution >= 0.6 is 0 Å². The van der Waals surface area contributed by atoms with E-state index in [4.69, 9.17) is 14.8 Å². The second-order valence-electron chi connectivity index (χ2n) is 4.64. The van der Waals surface area contributed by atoms with Crippen molar-refractivity contribution in [1.29, 1.82) is 0 Å². The molecule has 0 spiro atoms. The molecule has 1 aromatic heterocycles. The Kier molecular flexibility index (Phi) is 5.20. The summed E-state index contributed by atoms with van der Waals surface area (Å²) >= 11 is 0. The van der Waals surface area contributed by atoms with E-state index in [2.05, 4.69) is 0 Å². The SMILES string of the molecule is Cc1c(C(N)=O)c(O)n(CCS(=O)(=O)O)c(=O)c1CS(=O)(=O)O. The van der Waals surface area contributed by atoms with Crippen LogP contribution in [0.5, 0.6) is 5.88 Å². The predicted molar refractivity (Wildman–Crippen MR) is 77.3 cm³/mol. The Labute approximate surface area is 130 Å². The number of carbonyl (C=O) groups excluding carboxylic acids is 1. The Morgan fingerprint density at radius 3 is 2.09 bits per heavy atom. The molecule has 0 aromatic carbocycles. The molecular formula is C10H14N2O9S2. The summed E-state index contributed by atoms with van der Waals surface area (Å²) in [5.74, 6) is -4.31. The van der Waals surface area contributed by atoms with Crippen molar-refractivity contribution in [1.82, 2.24) is 4.57 Å². The molecule has 0 saturated heterocycles. The summed E-state index contributed by atoms with van der Waals surface area (Å²) in [5.41, 5.74) is 2.49.